The number of hydrogen-bond acceptors (Lipinski definition) is 4. The first-order valence-corrected chi connectivity index (χ1v) is 8.95. The zero-order valence-corrected chi connectivity index (χ0v) is 14.2. The van der Waals surface area contributed by atoms with Crippen LogP contribution in [0, 0.1) is 6.92 Å². The van der Waals surface area contributed by atoms with Crippen LogP contribution in [0.4, 0.5) is 4.79 Å². The molecule has 5 nitrogen and oxygen atoms in total. The predicted molar refractivity (Wildman–Crippen MR) is 92.3 cm³/mol. The van der Waals surface area contributed by atoms with Crippen molar-refractivity contribution in [3.05, 3.63) is 35.1 Å². The van der Waals surface area contributed by atoms with E-state index in [4.69, 9.17) is 0 Å². The predicted octanol–water partition coefficient (Wildman–Crippen LogP) is 3.65. The molecule has 2 N–H and O–H groups in total. The summed E-state index contributed by atoms with van der Waals surface area (Å²) in [5.41, 5.74) is 1.98. The van der Waals surface area contributed by atoms with Gasteiger partial charge in [-0.25, -0.2) is 9.78 Å². The molecule has 0 saturated heterocycles. The Morgan fingerprint density at radius 1 is 1.35 bits per heavy atom. The van der Waals surface area contributed by atoms with Gasteiger partial charge >= 0.3 is 6.03 Å². The molecule has 1 fully saturated rings. The molecular formula is C17H22N4OS. The van der Waals surface area contributed by atoms with Gasteiger partial charge in [-0.3, -0.25) is 4.98 Å². The van der Waals surface area contributed by atoms with Crippen LogP contribution in [0.5, 0.6) is 0 Å². The van der Waals surface area contributed by atoms with Gasteiger partial charge in [0.1, 0.15) is 5.01 Å². The smallest absolute Gasteiger partial charge is 0.315 e. The standard InChI is InChI=1S/C17H22N4OS/c1-12-15(23-16(20-12)13-6-5-9-18-10-13)11-19-17(22)21-14-7-3-2-4-8-14/h5-6,9-10,14H,2-4,7-8,11H2,1H3,(H2,19,21,22). The van der Waals surface area contributed by atoms with Gasteiger partial charge in [0.25, 0.3) is 0 Å². The molecule has 0 radical (unpaired) electrons. The van der Waals surface area contributed by atoms with E-state index in [0.717, 1.165) is 34.0 Å². The van der Waals surface area contributed by atoms with E-state index in [0.29, 0.717) is 12.6 Å². The van der Waals surface area contributed by atoms with Crippen molar-refractivity contribution in [2.24, 2.45) is 0 Å². The Kier molecular flexibility index (Phi) is 5.23. The average molecular weight is 330 g/mol. The summed E-state index contributed by atoms with van der Waals surface area (Å²) in [6.07, 6.45) is 9.47. The Labute approximate surface area is 140 Å². The highest BCUT2D eigenvalue weighted by molar-refractivity contribution is 7.15. The van der Waals surface area contributed by atoms with Crippen molar-refractivity contribution in [2.45, 2.75) is 51.6 Å². The second-order valence-corrected chi connectivity index (χ2v) is 7.01. The molecular weight excluding hydrogens is 308 g/mol. The zero-order valence-electron chi connectivity index (χ0n) is 13.3. The van der Waals surface area contributed by atoms with E-state index in [1.807, 2.05) is 25.3 Å². The summed E-state index contributed by atoms with van der Waals surface area (Å²) >= 11 is 1.61. The molecule has 0 aliphatic heterocycles. The number of hydrogen-bond donors (Lipinski definition) is 2. The Hall–Kier alpha value is -1.95. The lowest BCUT2D eigenvalue weighted by Gasteiger charge is -2.22. The van der Waals surface area contributed by atoms with Crippen molar-refractivity contribution >= 4 is 17.4 Å². The molecule has 6 heteroatoms. The fourth-order valence-electron chi connectivity index (χ4n) is 2.85. The summed E-state index contributed by atoms with van der Waals surface area (Å²) in [4.78, 5) is 21.8. The molecule has 1 aliphatic carbocycles. The maximum atomic E-state index is 12.0. The molecule has 2 heterocycles. The monoisotopic (exact) mass is 330 g/mol. The van der Waals surface area contributed by atoms with Crippen LogP contribution in [0.3, 0.4) is 0 Å². The van der Waals surface area contributed by atoms with Crippen LogP contribution < -0.4 is 10.6 Å². The van der Waals surface area contributed by atoms with Gasteiger partial charge in [-0.05, 0) is 31.9 Å². The summed E-state index contributed by atoms with van der Waals surface area (Å²) in [7, 11) is 0. The molecule has 2 aromatic rings. The molecule has 0 spiro atoms. The number of thiazole rings is 1. The number of aromatic nitrogens is 2. The maximum absolute atomic E-state index is 12.0. The largest absolute Gasteiger partial charge is 0.335 e. The lowest BCUT2D eigenvalue weighted by atomic mass is 9.96. The van der Waals surface area contributed by atoms with Crippen molar-refractivity contribution in [3.63, 3.8) is 0 Å². The van der Waals surface area contributed by atoms with E-state index in [2.05, 4.69) is 20.6 Å². The summed E-state index contributed by atoms with van der Waals surface area (Å²) in [5.74, 6) is 0. The van der Waals surface area contributed by atoms with E-state index >= 15 is 0 Å². The van der Waals surface area contributed by atoms with E-state index < -0.39 is 0 Å². The number of nitrogens with one attached hydrogen (secondary N) is 2. The maximum Gasteiger partial charge on any atom is 0.315 e. The highest BCUT2D eigenvalue weighted by Gasteiger charge is 2.16. The van der Waals surface area contributed by atoms with Gasteiger partial charge in [-0.2, -0.15) is 0 Å². The Morgan fingerprint density at radius 2 is 2.17 bits per heavy atom. The molecule has 0 unspecified atom stereocenters. The van der Waals surface area contributed by atoms with Gasteiger partial charge < -0.3 is 10.6 Å². The first kappa shape index (κ1) is 15.9. The topological polar surface area (TPSA) is 66.9 Å². The SMILES string of the molecule is Cc1nc(-c2cccnc2)sc1CNC(=O)NC1CCCCC1. The van der Waals surface area contributed by atoms with Crippen LogP contribution in [0.2, 0.25) is 0 Å². The molecule has 0 atom stereocenters. The summed E-state index contributed by atoms with van der Waals surface area (Å²) in [6.45, 7) is 2.49. The lowest BCUT2D eigenvalue weighted by molar-refractivity contribution is 0.232. The van der Waals surface area contributed by atoms with E-state index in [1.54, 1.807) is 17.5 Å². The Bertz CT molecular complexity index is 650. The van der Waals surface area contributed by atoms with Crippen LogP contribution in [0.1, 0.15) is 42.7 Å². The number of pyridine rings is 1. The third-order valence-corrected chi connectivity index (χ3v) is 5.36. The third-order valence-electron chi connectivity index (χ3n) is 4.15. The third kappa shape index (κ3) is 4.28. The number of rotatable bonds is 4. The van der Waals surface area contributed by atoms with Crippen LogP contribution in [0.25, 0.3) is 10.6 Å². The highest BCUT2D eigenvalue weighted by atomic mass is 32.1. The number of urea groups is 1. The van der Waals surface area contributed by atoms with Crippen LogP contribution in [0.15, 0.2) is 24.5 Å². The van der Waals surface area contributed by atoms with Crippen LogP contribution in [-0.4, -0.2) is 22.0 Å². The molecule has 122 valence electrons. The van der Waals surface area contributed by atoms with Gasteiger partial charge in [0, 0.05) is 28.9 Å². The quantitative estimate of drug-likeness (QED) is 0.899. The first-order chi connectivity index (χ1) is 11.2. The van der Waals surface area contributed by atoms with E-state index in [9.17, 15) is 4.79 Å². The first-order valence-electron chi connectivity index (χ1n) is 8.13. The molecule has 3 rings (SSSR count). The summed E-state index contributed by atoms with van der Waals surface area (Å²) in [5, 5.41) is 6.97. The van der Waals surface area contributed by atoms with E-state index in [-0.39, 0.29) is 6.03 Å². The van der Waals surface area contributed by atoms with Crippen LogP contribution >= 0.6 is 11.3 Å². The molecule has 2 amide bonds. The van der Waals surface area contributed by atoms with Gasteiger partial charge in [-0.15, -0.1) is 11.3 Å². The van der Waals surface area contributed by atoms with E-state index in [1.165, 1.54) is 19.3 Å². The number of carbonyl (C=O) groups excluding carboxylic acids is 1. The second-order valence-electron chi connectivity index (χ2n) is 5.93. The number of aryl methyl sites for hydroxylation is 1. The molecule has 0 bridgehead atoms. The minimum absolute atomic E-state index is 0.0763. The summed E-state index contributed by atoms with van der Waals surface area (Å²) < 4.78 is 0. The Balaban J connectivity index is 1.56. The molecule has 0 aromatic carbocycles. The number of amides is 2. The molecule has 2 aromatic heterocycles. The zero-order chi connectivity index (χ0) is 16.1. The highest BCUT2D eigenvalue weighted by Crippen LogP contribution is 2.27. The van der Waals surface area contributed by atoms with Gasteiger partial charge in [0.2, 0.25) is 0 Å². The minimum atomic E-state index is -0.0763. The van der Waals surface area contributed by atoms with Crippen molar-refractivity contribution in [3.8, 4) is 10.6 Å². The van der Waals surface area contributed by atoms with Gasteiger partial charge in [0.05, 0.1) is 12.2 Å². The molecule has 1 aliphatic rings. The normalized spacial score (nSPS) is 15.3. The molecule has 1 saturated carbocycles. The second kappa shape index (κ2) is 7.55. The molecule has 23 heavy (non-hydrogen) atoms. The van der Waals surface area contributed by atoms with Crippen molar-refractivity contribution in [1.29, 1.82) is 0 Å². The number of nitrogens with zero attached hydrogens (tertiary/aromatic N) is 2. The fraction of sp³-hybridized carbons (Fsp3) is 0.471. The van der Waals surface area contributed by atoms with Gasteiger partial charge in [0.15, 0.2) is 0 Å². The Morgan fingerprint density at radius 3 is 2.91 bits per heavy atom. The fourth-order valence-corrected chi connectivity index (χ4v) is 3.84. The summed E-state index contributed by atoms with van der Waals surface area (Å²) in [6, 6.07) is 4.16. The van der Waals surface area contributed by atoms with Crippen molar-refractivity contribution in [1.82, 2.24) is 20.6 Å². The number of carbonyl (C=O) groups is 1. The van der Waals surface area contributed by atoms with Gasteiger partial charge in [-0.1, -0.05) is 19.3 Å². The van der Waals surface area contributed by atoms with Crippen molar-refractivity contribution < 1.29 is 4.79 Å². The lowest BCUT2D eigenvalue weighted by Crippen LogP contribution is -2.42. The average Bonchev–Trinajstić information content (AvgIpc) is 2.96. The minimum Gasteiger partial charge on any atom is -0.335 e. The van der Waals surface area contributed by atoms with Crippen LogP contribution in [-0.2, 0) is 6.54 Å². The van der Waals surface area contributed by atoms with Crippen molar-refractivity contribution in [2.75, 3.05) is 0 Å².